The number of piperazine rings is 1. The summed E-state index contributed by atoms with van der Waals surface area (Å²) in [5.41, 5.74) is 1.49. The topological polar surface area (TPSA) is 95.1 Å². The zero-order valence-corrected chi connectivity index (χ0v) is 17.9. The lowest BCUT2D eigenvalue weighted by molar-refractivity contribution is -0.147. The van der Waals surface area contributed by atoms with E-state index in [0.29, 0.717) is 48.3 Å². The number of nitrogens with one attached hydrogen (secondary N) is 1. The van der Waals surface area contributed by atoms with E-state index >= 15 is 0 Å². The maximum atomic E-state index is 13.0. The summed E-state index contributed by atoms with van der Waals surface area (Å²) in [5, 5.41) is 11.3. The molecule has 0 spiro atoms. The van der Waals surface area contributed by atoms with Crippen LogP contribution in [0.5, 0.6) is 11.5 Å². The molecule has 2 aliphatic rings. The third-order valence-electron chi connectivity index (χ3n) is 5.98. The molecule has 166 valence electrons. The molecular formula is C23H22ClN3O5. The molecule has 1 saturated heterocycles. The second kappa shape index (κ2) is 8.37. The number of rotatable bonds is 4. The predicted octanol–water partition coefficient (Wildman–Crippen LogP) is 2.93. The maximum absolute atomic E-state index is 13.0. The van der Waals surface area contributed by atoms with Crippen LogP contribution in [0.25, 0.3) is 10.9 Å². The average molecular weight is 456 g/mol. The second-order valence-electron chi connectivity index (χ2n) is 7.90. The Morgan fingerprint density at radius 3 is 2.59 bits per heavy atom. The lowest BCUT2D eigenvalue weighted by Gasteiger charge is -2.39. The van der Waals surface area contributed by atoms with Crippen LogP contribution < -0.4 is 9.47 Å². The number of carboxylic acids is 1. The molecule has 32 heavy (non-hydrogen) atoms. The Kier molecular flexibility index (Phi) is 5.40. The van der Waals surface area contributed by atoms with Gasteiger partial charge in [0, 0.05) is 53.9 Å². The summed E-state index contributed by atoms with van der Waals surface area (Å²) in [6, 6.07) is 11.8. The van der Waals surface area contributed by atoms with Gasteiger partial charge < -0.3 is 24.5 Å². The molecule has 2 aromatic carbocycles. The number of amides is 1. The molecule has 0 radical (unpaired) electrons. The molecular weight excluding hydrogens is 434 g/mol. The first kappa shape index (κ1) is 20.7. The summed E-state index contributed by atoms with van der Waals surface area (Å²) in [6.45, 7) is 1.84. The van der Waals surface area contributed by atoms with E-state index in [1.807, 2.05) is 23.1 Å². The highest BCUT2D eigenvalue weighted by Gasteiger charge is 2.36. The Balaban J connectivity index is 1.28. The Morgan fingerprint density at radius 1 is 1.09 bits per heavy atom. The van der Waals surface area contributed by atoms with Crippen LogP contribution in [0.2, 0.25) is 5.02 Å². The molecule has 1 fully saturated rings. The summed E-state index contributed by atoms with van der Waals surface area (Å²) in [6.07, 6.45) is 1.02. The Hall–Kier alpha value is -3.23. The van der Waals surface area contributed by atoms with E-state index in [1.54, 1.807) is 35.4 Å². The van der Waals surface area contributed by atoms with Crippen LogP contribution in [-0.4, -0.2) is 70.7 Å². The number of aliphatic carboxylic acids is 1. The first-order chi connectivity index (χ1) is 15.5. The van der Waals surface area contributed by atoms with Crippen molar-refractivity contribution in [2.75, 3.05) is 32.8 Å². The lowest BCUT2D eigenvalue weighted by atomic mass is 10.0. The molecule has 1 amide bonds. The summed E-state index contributed by atoms with van der Waals surface area (Å²) >= 11 is 6.14. The Bertz CT molecular complexity index is 1170. The van der Waals surface area contributed by atoms with Gasteiger partial charge in [-0.15, -0.1) is 0 Å². The summed E-state index contributed by atoms with van der Waals surface area (Å²) < 4.78 is 11.5. The van der Waals surface area contributed by atoms with Crippen molar-refractivity contribution in [1.29, 1.82) is 0 Å². The molecule has 9 heteroatoms. The number of benzene rings is 2. The minimum atomic E-state index is -0.939. The van der Waals surface area contributed by atoms with Gasteiger partial charge in [0.1, 0.15) is 12.6 Å². The van der Waals surface area contributed by atoms with Gasteiger partial charge in [0.15, 0.2) is 11.5 Å². The number of para-hydroxylation sites is 2. The molecule has 2 aliphatic heterocycles. The number of hydrogen-bond donors (Lipinski definition) is 2. The number of nitrogens with zero attached hydrogens (tertiary/aromatic N) is 2. The van der Waals surface area contributed by atoms with Gasteiger partial charge in [-0.25, -0.2) is 0 Å². The minimum absolute atomic E-state index is 0.148. The van der Waals surface area contributed by atoms with E-state index in [0.717, 1.165) is 10.9 Å². The molecule has 3 aromatic rings. The quantitative estimate of drug-likeness (QED) is 0.628. The van der Waals surface area contributed by atoms with Crippen molar-refractivity contribution in [3.8, 4) is 11.5 Å². The smallest absolute Gasteiger partial charge is 0.325 e. The Morgan fingerprint density at radius 2 is 1.84 bits per heavy atom. The predicted molar refractivity (Wildman–Crippen MR) is 118 cm³/mol. The number of halogens is 1. The molecule has 2 N–H and O–H groups in total. The molecule has 8 nitrogen and oxygen atoms in total. The number of aromatic nitrogens is 1. The van der Waals surface area contributed by atoms with Crippen molar-refractivity contribution in [1.82, 2.24) is 14.8 Å². The number of H-pyrrole nitrogens is 1. The van der Waals surface area contributed by atoms with Gasteiger partial charge in [0.25, 0.3) is 5.91 Å². The highest BCUT2D eigenvalue weighted by Crippen LogP contribution is 2.33. The van der Waals surface area contributed by atoms with E-state index < -0.39 is 18.1 Å². The fourth-order valence-corrected chi connectivity index (χ4v) is 4.54. The number of carbonyl (C=O) groups excluding carboxylic acids is 1. The lowest BCUT2D eigenvalue weighted by Crippen LogP contribution is -2.55. The number of hydrogen-bond acceptors (Lipinski definition) is 5. The SMILES string of the molecule is O=C(O)[C@H](c1c[nH]c2ccc(Cl)cc12)N1CCN(C(=O)[C@H]2COc3ccccc3O2)CC1. The highest BCUT2D eigenvalue weighted by atomic mass is 35.5. The first-order valence-electron chi connectivity index (χ1n) is 10.4. The molecule has 1 aromatic heterocycles. The fraction of sp³-hybridized carbons (Fsp3) is 0.304. The Labute approximate surface area is 189 Å². The third-order valence-corrected chi connectivity index (χ3v) is 6.21. The minimum Gasteiger partial charge on any atom is -0.485 e. The molecule has 0 saturated carbocycles. The molecule has 0 aliphatic carbocycles. The van der Waals surface area contributed by atoms with Gasteiger partial charge in [-0.1, -0.05) is 23.7 Å². The van der Waals surface area contributed by atoms with Crippen molar-refractivity contribution in [2.45, 2.75) is 12.1 Å². The second-order valence-corrected chi connectivity index (χ2v) is 8.34. The highest BCUT2D eigenvalue weighted by molar-refractivity contribution is 6.31. The van der Waals surface area contributed by atoms with Gasteiger partial charge in [-0.3, -0.25) is 14.5 Å². The maximum Gasteiger partial charge on any atom is 0.325 e. The van der Waals surface area contributed by atoms with Crippen LogP contribution in [-0.2, 0) is 9.59 Å². The number of ether oxygens (including phenoxy) is 2. The normalized spacial score (nSPS) is 19.7. The summed E-state index contributed by atoms with van der Waals surface area (Å²) in [4.78, 5) is 31.9. The molecule has 5 rings (SSSR count). The first-order valence-corrected chi connectivity index (χ1v) is 10.8. The van der Waals surface area contributed by atoms with Crippen LogP contribution >= 0.6 is 11.6 Å². The van der Waals surface area contributed by atoms with Crippen molar-refractivity contribution < 1.29 is 24.2 Å². The average Bonchev–Trinajstić information content (AvgIpc) is 3.21. The van der Waals surface area contributed by atoms with Gasteiger partial charge in [0.2, 0.25) is 6.10 Å². The van der Waals surface area contributed by atoms with Gasteiger partial charge in [0.05, 0.1) is 0 Å². The zero-order chi connectivity index (χ0) is 22.2. The third kappa shape index (κ3) is 3.76. The molecule has 0 unspecified atom stereocenters. The van der Waals surface area contributed by atoms with Crippen molar-refractivity contribution in [3.05, 3.63) is 59.2 Å². The standard InChI is InChI=1S/C23H22ClN3O5/c24-14-5-6-17-15(11-14)16(12-25-17)21(23(29)30)26-7-9-27(10-8-26)22(28)20-13-31-18-3-1-2-4-19(18)32-20/h1-6,11-12,20-21,25H,7-10,13H2,(H,29,30)/t20-,21+/m1/s1. The number of carboxylic acid groups (broad SMARTS) is 1. The number of carbonyl (C=O) groups is 2. The number of aromatic amines is 1. The van der Waals surface area contributed by atoms with Crippen LogP contribution in [0, 0.1) is 0 Å². The van der Waals surface area contributed by atoms with E-state index in [9.17, 15) is 14.7 Å². The van der Waals surface area contributed by atoms with Gasteiger partial charge in [-0.2, -0.15) is 0 Å². The van der Waals surface area contributed by atoms with Crippen molar-refractivity contribution in [2.24, 2.45) is 0 Å². The van der Waals surface area contributed by atoms with E-state index in [4.69, 9.17) is 21.1 Å². The number of fused-ring (bicyclic) bond motifs is 2. The van der Waals surface area contributed by atoms with Gasteiger partial charge in [-0.05, 0) is 30.3 Å². The summed E-state index contributed by atoms with van der Waals surface area (Å²) in [5.74, 6) is 0.0975. The van der Waals surface area contributed by atoms with E-state index in [1.165, 1.54) is 0 Å². The van der Waals surface area contributed by atoms with Crippen LogP contribution in [0.1, 0.15) is 11.6 Å². The van der Waals surface area contributed by atoms with Gasteiger partial charge >= 0.3 is 5.97 Å². The van der Waals surface area contributed by atoms with E-state index in [2.05, 4.69) is 4.98 Å². The fourth-order valence-electron chi connectivity index (χ4n) is 4.37. The molecule has 3 heterocycles. The zero-order valence-electron chi connectivity index (χ0n) is 17.2. The molecule has 2 atom stereocenters. The summed E-state index contributed by atoms with van der Waals surface area (Å²) in [7, 11) is 0. The van der Waals surface area contributed by atoms with Crippen LogP contribution in [0.15, 0.2) is 48.7 Å². The monoisotopic (exact) mass is 455 g/mol. The molecule has 0 bridgehead atoms. The van der Waals surface area contributed by atoms with E-state index in [-0.39, 0.29) is 12.5 Å². The van der Waals surface area contributed by atoms with Crippen LogP contribution in [0.3, 0.4) is 0 Å². The largest absolute Gasteiger partial charge is 0.485 e. The van der Waals surface area contributed by atoms with Crippen molar-refractivity contribution in [3.63, 3.8) is 0 Å². The van der Waals surface area contributed by atoms with Crippen molar-refractivity contribution >= 4 is 34.4 Å². The van der Waals surface area contributed by atoms with Crippen LogP contribution in [0.4, 0.5) is 0 Å².